The number of halogens is 1. The number of aliphatic hydroxyl groups excluding tert-OH is 3. The van der Waals surface area contributed by atoms with Crippen LogP contribution in [0.4, 0.5) is 0 Å². The number of ether oxygens (including phenoxy) is 1. The van der Waals surface area contributed by atoms with E-state index in [9.17, 15) is 5.11 Å². The second kappa shape index (κ2) is 8.29. The first kappa shape index (κ1) is 15.2. The van der Waals surface area contributed by atoms with Gasteiger partial charge in [-0.05, 0) is 18.2 Å². The summed E-state index contributed by atoms with van der Waals surface area (Å²) in [6.45, 7) is 0.326. The minimum absolute atomic E-state index is 0.128. The molecule has 0 radical (unpaired) electrons. The van der Waals surface area contributed by atoms with Gasteiger partial charge in [0.2, 0.25) is 0 Å². The molecular weight excluding hydrogens is 258 g/mol. The summed E-state index contributed by atoms with van der Waals surface area (Å²) in [7, 11) is 0. The highest BCUT2D eigenvalue weighted by Crippen LogP contribution is 2.17. The van der Waals surface area contributed by atoms with Gasteiger partial charge in [-0.3, -0.25) is 0 Å². The lowest BCUT2D eigenvalue weighted by Crippen LogP contribution is -2.37. The van der Waals surface area contributed by atoms with Crippen molar-refractivity contribution in [1.82, 2.24) is 5.32 Å². The molecule has 0 spiro atoms. The summed E-state index contributed by atoms with van der Waals surface area (Å²) in [5.41, 5.74) is 0. The third-order valence-corrected chi connectivity index (χ3v) is 2.44. The van der Waals surface area contributed by atoms with E-state index in [1.807, 2.05) is 0 Å². The van der Waals surface area contributed by atoms with Gasteiger partial charge in [-0.1, -0.05) is 17.7 Å². The molecule has 1 rings (SSSR count). The number of benzene rings is 1. The zero-order valence-electron chi connectivity index (χ0n) is 9.92. The van der Waals surface area contributed by atoms with Crippen LogP contribution >= 0.6 is 11.6 Å². The number of aliphatic hydroxyl groups is 3. The van der Waals surface area contributed by atoms with Gasteiger partial charge in [0.1, 0.15) is 18.5 Å². The van der Waals surface area contributed by atoms with Gasteiger partial charge in [0.15, 0.2) is 0 Å². The zero-order chi connectivity index (χ0) is 13.4. The average Bonchev–Trinajstić information content (AvgIpc) is 2.36. The van der Waals surface area contributed by atoms with Crippen molar-refractivity contribution in [3.05, 3.63) is 29.3 Å². The van der Waals surface area contributed by atoms with E-state index >= 15 is 0 Å². The lowest BCUT2D eigenvalue weighted by atomic mass is 10.3. The molecule has 4 N–H and O–H groups in total. The molecule has 6 heteroatoms. The van der Waals surface area contributed by atoms with Gasteiger partial charge in [-0.2, -0.15) is 0 Å². The van der Waals surface area contributed by atoms with Crippen LogP contribution in [0.1, 0.15) is 0 Å². The Kier molecular flexibility index (Phi) is 7.00. The molecule has 0 saturated carbocycles. The highest BCUT2D eigenvalue weighted by Gasteiger charge is 2.07. The first-order valence-corrected chi connectivity index (χ1v) is 6.05. The molecule has 102 valence electrons. The smallest absolute Gasteiger partial charge is 0.120 e. The Morgan fingerprint density at radius 3 is 2.61 bits per heavy atom. The second-order valence-corrected chi connectivity index (χ2v) is 4.35. The van der Waals surface area contributed by atoms with Gasteiger partial charge >= 0.3 is 0 Å². The van der Waals surface area contributed by atoms with Crippen molar-refractivity contribution < 1.29 is 20.1 Å². The highest BCUT2D eigenvalue weighted by atomic mass is 35.5. The Balaban J connectivity index is 2.19. The molecule has 1 aromatic rings. The molecule has 0 heterocycles. The fraction of sp³-hybridized carbons (Fsp3) is 0.500. The summed E-state index contributed by atoms with van der Waals surface area (Å²) in [5.74, 6) is 0.594. The summed E-state index contributed by atoms with van der Waals surface area (Å²) >= 11 is 5.79. The molecule has 0 fully saturated rings. The Morgan fingerprint density at radius 1 is 1.22 bits per heavy atom. The molecule has 2 unspecified atom stereocenters. The molecule has 0 aliphatic carbocycles. The number of nitrogens with one attached hydrogen (secondary N) is 1. The predicted molar refractivity (Wildman–Crippen MR) is 68.9 cm³/mol. The maximum Gasteiger partial charge on any atom is 0.120 e. The van der Waals surface area contributed by atoms with Crippen LogP contribution in [0, 0.1) is 0 Å². The maximum absolute atomic E-state index is 9.60. The van der Waals surface area contributed by atoms with Gasteiger partial charge in [0, 0.05) is 18.1 Å². The van der Waals surface area contributed by atoms with Crippen molar-refractivity contribution >= 4 is 11.6 Å². The second-order valence-electron chi connectivity index (χ2n) is 3.92. The van der Waals surface area contributed by atoms with Crippen LogP contribution in [0.5, 0.6) is 5.75 Å². The summed E-state index contributed by atoms with van der Waals surface area (Å²) in [6, 6.07) is 6.92. The fourth-order valence-electron chi connectivity index (χ4n) is 1.29. The molecule has 1 aromatic carbocycles. The quantitative estimate of drug-likeness (QED) is 0.538. The summed E-state index contributed by atoms with van der Waals surface area (Å²) in [4.78, 5) is 0. The summed E-state index contributed by atoms with van der Waals surface area (Å²) < 4.78 is 5.35. The van der Waals surface area contributed by atoms with Crippen molar-refractivity contribution in [3.8, 4) is 5.75 Å². The van der Waals surface area contributed by atoms with Crippen molar-refractivity contribution in [2.45, 2.75) is 12.2 Å². The van der Waals surface area contributed by atoms with Crippen LogP contribution in [0.25, 0.3) is 0 Å². The summed E-state index contributed by atoms with van der Waals surface area (Å²) in [6.07, 6.45) is -1.51. The first-order valence-electron chi connectivity index (χ1n) is 5.68. The SMILES string of the molecule is OCC(O)CNCC(O)COc1cccc(Cl)c1. The van der Waals surface area contributed by atoms with E-state index in [1.54, 1.807) is 24.3 Å². The molecule has 0 saturated heterocycles. The van der Waals surface area contributed by atoms with Crippen molar-refractivity contribution in [2.24, 2.45) is 0 Å². The number of rotatable bonds is 8. The van der Waals surface area contributed by atoms with Crippen molar-refractivity contribution in [1.29, 1.82) is 0 Å². The topological polar surface area (TPSA) is 82.0 Å². The Hall–Kier alpha value is -0.850. The fourth-order valence-corrected chi connectivity index (χ4v) is 1.47. The molecule has 2 atom stereocenters. The van der Waals surface area contributed by atoms with Crippen LogP contribution in [-0.4, -0.2) is 53.8 Å². The maximum atomic E-state index is 9.60. The van der Waals surface area contributed by atoms with Gasteiger partial charge in [-0.15, -0.1) is 0 Å². The highest BCUT2D eigenvalue weighted by molar-refractivity contribution is 6.30. The molecule has 0 aromatic heterocycles. The molecule has 0 aliphatic rings. The number of hydrogen-bond acceptors (Lipinski definition) is 5. The minimum atomic E-state index is -0.814. The Morgan fingerprint density at radius 2 is 1.94 bits per heavy atom. The van der Waals surface area contributed by atoms with Gasteiger partial charge in [0.05, 0.1) is 12.7 Å². The first-order chi connectivity index (χ1) is 8.61. The molecule has 5 nitrogen and oxygen atoms in total. The van der Waals surface area contributed by atoms with Crippen LogP contribution in [-0.2, 0) is 0 Å². The zero-order valence-corrected chi connectivity index (χ0v) is 10.7. The van der Waals surface area contributed by atoms with E-state index in [0.29, 0.717) is 10.8 Å². The number of hydrogen-bond donors (Lipinski definition) is 4. The van der Waals surface area contributed by atoms with Gasteiger partial charge < -0.3 is 25.4 Å². The monoisotopic (exact) mass is 275 g/mol. The van der Waals surface area contributed by atoms with Gasteiger partial charge in [0.25, 0.3) is 0 Å². The van der Waals surface area contributed by atoms with E-state index in [0.717, 1.165) is 0 Å². The standard InChI is InChI=1S/C12H18ClNO4/c13-9-2-1-3-12(4-9)18-8-11(17)6-14-5-10(16)7-15/h1-4,10-11,14-17H,5-8H2. The van der Waals surface area contributed by atoms with Crippen LogP contribution in [0.15, 0.2) is 24.3 Å². The van der Waals surface area contributed by atoms with E-state index in [4.69, 9.17) is 26.6 Å². The lowest BCUT2D eigenvalue weighted by molar-refractivity contribution is 0.0795. The van der Waals surface area contributed by atoms with E-state index in [2.05, 4.69) is 5.32 Å². The molecule has 0 amide bonds. The Labute approximate surface area is 111 Å². The van der Waals surface area contributed by atoms with E-state index in [1.165, 1.54) is 0 Å². The molecule has 0 bridgehead atoms. The summed E-state index contributed by atoms with van der Waals surface area (Å²) in [5, 5.41) is 30.7. The average molecular weight is 276 g/mol. The third kappa shape index (κ3) is 6.18. The minimum Gasteiger partial charge on any atom is -0.491 e. The molecule has 0 aliphatic heterocycles. The normalized spacial score (nSPS) is 14.2. The van der Waals surface area contributed by atoms with Crippen LogP contribution < -0.4 is 10.1 Å². The van der Waals surface area contributed by atoms with Gasteiger partial charge in [-0.25, -0.2) is 0 Å². The molecule has 18 heavy (non-hydrogen) atoms. The van der Waals surface area contributed by atoms with Crippen molar-refractivity contribution in [3.63, 3.8) is 0 Å². The van der Waals surface area contributed by atoms with Crippen molar-refractivity contribution in [2.75, 3.05) is 26.3 Å². The molecular formula is C12H18ClNO4. The van der Waals surface area contributed by atoms with E-state index < -0.39 is 12.2 Å². The largest absolute Gasteiger partial charge is 0.491 e. The Bertz CT molecular complexity index is 351. The lowest BCUT2D eigenvalue weighted by Gasteiger charge is -2.14. The van der Waals surface area contributed by atoms with Crippen LogP contribution in [0.3, 0.4) is 0 Å². The van der Waals surface area contributed by atoms with E-state index in [-0.39, 0.29) is 26.3 Å². The van der Waals surface area contributed by atoms with Crippen LogP contribution in [0.2, 0.25) is 5.02 Å². The predicted octanol–water partition coefficient (Wildman–Crippen LogP) is 0.0225. The third-order valence-electron chi connectivity index (χ3n) is 2.21.